The maximum atomic E-state index is 12.3. The van der Waals surface area contributed by atoms with Gasteiger partial charge in [-0.15, -0.1) is 0 Å². The van der Waals surface area contributed by atoms with Gasteiger partial charge in [-0.3, -0.25) is 0 Å². The average molecular weight is 284 g/mol. The van der Waals surface area contributed by atoms with Gasteiger partial charge in [0.2, 0.25) is 10.0 Å². The standard InChI is InChI=1S/C13H20N2O3S/c1-10-11(7-8-18-10)9-15-19(16,17)13-6-4-3-5-12(13)14-2/h3-6,10-11,14-15H,7-9H2,1-2H3. The highest BCUT2D eigenvalue weighted by Crippen LogP contribution is 2.22. The van der Waals surface area contributed by atoms with Gasteiger partial charge in [0.05, 0.1) is 11.8 Å². The highest BCUT2D eigenvalue weighted by Gasteiger charge is 2.26. The van der Waals surface area contributed by atoms with Crippen molar-refractivity contribution >= 4 is 15.7 Å². The second-order valence-corrected chi connectivity index (χ2v) is 6.46. The summed E-state index contributed by atoms with van der Waals surface area (Å²) in [5.41, 5.74) is 0.603. The van der Waals surface area contributed by atoms with Crippen molar-refractivity contribution in [3.05, 3.63) is 24.3 Å². The lowest BCUT2D eigenvalue weighted by molar-refractivity contribution is 0.107. The van der Waals surface area contributed by atoms with Crippen molar-refractivity contribution in [2.75, 3.05) is 25.5 Å². The van der Waals surface area contributed by atoms with Crippen molar-refractivity contribution in [3.63, 3.8) is 0 Å². The van der Waals surface area contributed by atoms with Crippen LogP contribution in [0.5, 0.6) is 0 Å². The molecule has 1 aromatic rings. The monoisotopic (exact) mass is 284 g/mol. The Morgan fingerprint density at radius 3 is 2.74 bits per heavy atom. The molecule has 5 nitrogen and oxygen atoms in total. The molecule has 106 valence electrons. The molecular formula is C13H20N2O3S. The summed E-state index contributed by atoms with van der Waals surface area (Å²) >= 11 is 0. The Morgan fingerprint density at radius 1 is 1.37 bits per heavy atom. The Morgan fingerprint density at radius 2 is 2.11 bits per heavy atom. The lowest BCUT2D eigenvalue weighted by Crippen LogP contribution is -2.32. The summed E-state index contributed by atoms with van der Waals surface area (Å²) in [4.78, 5) is 0.282. The molecule has 2 rings (SSSR count). The van der Waals surface area contributed by atoms with Gasteiger partial charge >= 0.3 is 0 Å². The van der Waals surface area contributed by atoms with Gasteiger partial charge in [0.15, 0.2) is 0 Å². The molecule has 19 heavy (non-hydrogen) atoms. The van der Waals surface area contributed by atoms with Crippen molar-refractivity contribution in [1.29, 1.82) is 0 Å². The summed E-state index contributed by atoms with van der Waals surface area (Å²) in [5, 5.41) is 2.89. The summed E-state index contributed by atoms with van der Waals surface area (Å²) in [6, 6.07) is 6.87. The number of nitrogens with one attached hydrogen (secondary N) is 2. The molecule has 0 spiro atoms. The number of rotatable bonds is 5. The highest BCUT2D eigenvalue weighted by atomic mass is 32.2. The van der Waals surface area contributed by atoms with Gasteiger partial charge in [0, 0.05) is 26.1 Å². The second kappa shape index (κ2) is 5.90. The van der Waals surface area contributed by atoms with E-state index in [0.717, 1.165) is 6.42 Å². The van der Waals surface area contributed by atoms with Crippen molar-refractivity contribution in [2.45, 2.75) is 24.3 Å². The molecule has 1 saturated heterocycles. The molecule has 0 amide bonds. The van der Waals surface area contributed by atoms with E-state index in [0.29, 0.717) is 18.8 Å². The van der Waals surface area contributed by atoms with Crippen LogP contribution in [0, 0.1) is 5.92 Å². The summed E-state index contributed by atoms with van der Waals surface area (Å²) in [6.07, 6.45) is 1.01. The number of sulfonamides is 1. The third-order valence-corrected chi connectivity index (χ3v) is 5.00. The van der Waals surface area contributed by atoms with E-state index in [1.807, 2.05) is 6.92 Å². The molecule has 6 heteroatoms. The van der Waals surface area contributed by atoms with E-state index >= 15 is 0 Å². The Kier molecular flexibility index (Phi) is 4.44. The summed E-state index contributed by atoms with van der Waals surface area (Å²) < 4.78 is 32.7. The third kappa shape index (κ3) is 3.26. The minimum atomic E-state index is -3.48. The van der Waals surface area contributed by atoms with Gasteiger partial charge in [0.25, 0.3) is 0 Å². The molecule has 2 atom stereocenters. The molecule has 1 aliphatic heterocycles. The molecular weight excluding hydrogens is 264 g/mol. The zero-order valence-corrected chi connectivity index (χ0v) is 12.0. The zero-order chi connectivity index (χ0) is 13.9. The van der Waals surface area contributed by atoms with Gasteiger partial charge < -0.3 is 10.1 Å². The predicted octanol–water partition coefficient (Wildman–Crippen LogP) is 1.43. The number of benzene rings is 1. The first-order valence-corrected chi connectivity index (χ1v) is 7.91. The topological polar surface area (TPSA) is 67.4 Å². The van der Waals surface area contributed by atoms with Crippen LogP contribution in [0.1, 0.15) is 13.3 Å². The van der Waals surface area contributed by atoms with E-state index in [-0.39, 0.29) is 16.9 Å². The van der Waals surface area contributed by atoms with Crippen LogP contribution in [-0.2, 0) is 14.8 Å². The fourth-order valence-electron chi connectivity index (χ4n) is 2.25. The van der Waals surface area contributed by atoms with Gasteiger partial charge in [0.1, 0.15) is 4.90 Å². The number of hydrogen-bond acceptors (Lipinski definition) is 4. The van der Waals surface area contributed by atoms with Crippen LogP contribution in [0.15, 0.2) is 29.2 Å². The predicted molar refractivity (Wildman–Crippen MR) is 74.7 cm³/mol. The minimum Gasteiger partial charge on any atom is -0.387 e. The summed E-state index contributed by atoms with van der Waals surface area (Å²) in [5.74, 6) is 0.247. The molecule has 0 aromatic heterocycles. The number of anilines is 1. The maximum absolute atomic E-state index is 12.3. The number of hydrogen-bond donors (Lipinski definition) is 2. The molecule has 0 radical (unpaired) electrons. The largest absolute Gasteiger partial charge is 0.387 e. The van der Waals surface area contributed by atoms with Gasteiger partial charge in [-0.05, 0) is 25.5 Å². The van der Waals surface area contributed by atoms with Gasteiger partial charge in [-0.25, -0.2) is 13.1 Å². The summed E-state index contributed by atoms with van der Waals surface area (Å²) in [7, 11) is -1.77. The quantitative estimate of drug-likeness (QED) is 0.858. The van der Waals surface area contributed by atoms with Crippen LogP contribution in [-0.4, -0.2) is 34.7 Å². The van der Waals surface area contributed by atoms with E-state index < -0.39 is 10.0 Å². The highest BCUT2D eigenvalue weighted by molar-refractivity contribution is 7.89. The lowest BCUT2D eigenvalue weighted by atomic mass is 10.0. The second-order valence-electron chi connectivity index (χ2n) is 4.72. The Balaban J connectivity index is 2.09. The summed E-state index contributed by atoms with van der Waals surface area (Å²) in [6.45, 7) is 3.11. The van der Waals surface area contributed by atoms with Gasteiger partial charge in [-0.2, -0.15) is 0 Å². The first-order chi connectivity index (χ1) is 9.04. The third-order valence-electron chi connectivity index (χ3n) is 3.51. The van der Waals surface area contributed by atoms with Crippen molar-refractivity contribution in [2.24, 2.45) is 5.92 Å². The van der Waals surface area contributed by atoms with Crippen molar-refractivity contribution in [1.82, 2.24) is 4.72 Å². The van der Waals surface area contributed by atoms with E-state index in [4.69, 9.17) is 4.74 Å². The molecule has 2 N–H and O–H groups in total. The molecule has 0 saturated carbocycles. The van der Waals surface area contributed by atoms with Crippen LogP contribution in [0.2, 0.25) is 0 Å². The van der Waals surface area contributed by atoms with Crippen LogP contribution in [0.4, 0.5) is 5.69 Å². The molecule has 1 fully saturated rings. The van der Waals surface area contributed by atoms with E-state index in [2.05, 4.69) is 10.0 Å². The fraction of sp³-hybridized carbons (Fsp3) is 0.538. The number of ether oxygens (including phenoxy) is 1. The van der Waals surface area contributed by atoms with Crippen LogP contribution >= 0.6 is 0 Å². The van der Waals surface area contributed by atoms with Gasteiger partial charge in [-0.1, -0.05) is 12.1 Å². The number of para-hydroxylation sites is 1. The molecule has 0 aliphatic carbocycles. The normalized spacial score (nSPS) is 23.5. The zero-order valence-electron chi connectivity index (χ0n) is 11.2. The molecule has 0 bridgehead atoms. The first-order valence-electron chi connectivity index (χ1n) is 6.42. The first kappa shape index (κ1) is 14.3. The van der Waals surface area contributed by atoms with Crippen LogP contribution in [0.3, 0.4) is 0 Å². The van der Waals surface area contributed by atoms with E-state index in [1.165, 1.54) is 0 Å². The fourth-order valence-corrected chi connectivity index (χ4v) is 3.55. The van der Waals surface area contributed by atoms with Crippen molar-refractivity contribution < 1.29 is 13.2 Å². The molecule has 1 heterocycles. The molecule has 2 unspecified atom stereocenters. The average Bonchev–Trinajstić information content (AvgIpc) is 2.82. The smallest absolute Gasteiger partial charge is 0.242 e. The van der Waals surface area contributed by atoms with Crippen LogP contribution in [0.25, 0.3) is 0 Å². The molecule has 1 aliphatic rings. The van der Waals surface area contributed by atoms with Crippen LogP contribution < -0.4 is 10.0 Å². The SMILES string of the molecule is CNc1ccccc1S(=O)(=O)NCC1CCOC1C. The van der Waals surface area contributed by atoms with E-state index in [9.17, 15) is 8.42 Å². The Hall–Kier alpha value is -1.11. The Bertz CT molecular complexity index is 530. The maximum Gasteiger partial charge on any atom is 0.242 e. The molecule has 1 aromatic carbocycles. The Labute approximate surface area is 114 Å². The minimum absolute atomic E-state index is 0.113. The van der Waals surface area contributed by atoms with E-state index in [1.54, 1.807) is 31.3 Å². The van der Waals surface area contributed by atoms with Crippen molar-refractivity contribution in [3.8, 4) is 0 Å². The lowest BCUT2D eigenvalue weighted by Gasteiger charge is -2.16.